The number of benzene rings is 1. The molecule has 2 fully saturated rings. The van der Waals surface area contributed by atoms with Gasteiger partial charge in [-0.1, -0.05) is 18.2 Å². The van der Waals surface area contributed by atoms with Gasteiger partial charge >= 0.3 is 0 Å². The van der Waals surface area contributed by atoms with Crippen LogP contribution in [0.25, 0.3) is 10.9 Å². The fourth-order valence-corrected chi connectivity index (χ4v) is 5.70. The molecule has 37 heavy (non-hydrogen) atoms. The Bertz CT molecular complexity index is 1240. The van der Waals surface area contributed by atoms with Gasteiger partial charge in [0.1, 0.15) is 11.4 Å². The van der Waals surface area contributed by atoms with Crippen LogP contribution in [0, 0.1) is 5.82 Å². The van der Waals surface area contributed by atoms with Crippen LogP contribution in [0.1, 0.15) is 61.9 Å². The van der Waals surface area contributed by atoms with Crippen LogP contribution in [0.2, 0.25) is 0 Å². The molecule has 0 unspecified atom stereocenters. The number of aliphatic hydroxyl groups is 1. The summed E-state index contributed by atoms with van der Waals surface area (Å²) in [6.07, 6.45) is 3.49. The molecule has 1 aliphatic carbocycles. The Morgan fingerprint density at radius 1 is 1.05 bits per heavy atom. The number of hydrogen-bond donors (Lipinski definition) is 2. The van der Waals surface area contributed by atoms with E-state index < -0.39 is 29.4 Å². The number of nitrogens with zero attached hydrogens (tertiary/aromatic N) is 4. The zero-order valence-electron chi connectivity index (χ0n) is 21.3. The van der Waals surface area contributed by atoms with Gasteiger partial charge in [0.2, 0.25) is 0 Å². The first kappa shape index (κ1) is 25.9. The smallest absolute Gasteiger partial charge is 0.266 e. The first-order chi connectivity index (χ1) is 17.7. The van der Waals surface area contributed by atoms with Crippen LogP contribution >= 0.6 is 0 Å². The van der Waals surface area contributed by atoms with Crippen LogP contribution in [0.3, 0.4) is 0 Å². The number of likely N-dealkylation sites (N-methyl/N-ethyl adjacent to an activating group) is 1. The lowest BCUT2D eigenvalue weighted by Crippen LogP contribution is -2.51. The predicted octanol–water partition coefficient (Wildman–Crippen LogP) is 5.26. The second-order valence-electron chi connectivity index (χ2n) is 10.5. The lowest BCUT2D eigenvalue weighted by Gasteiger charge is -2.43. The van der Waals surface area contributed by atoms with Gasteiger partial charge in [0, 0.05) is 55.1 Å². The van der Waals surface area contributed by atoms with Crippen molar-refractivity contribution in [2.45, 2.75) is 56.7 Å². The van der Waals surface area contributed by atoms with Crippen molar-refractivity contribution in [1.82, 2.24) is 19.8 Å². The van der Waals surface area contributed by atoms with Crippen molar-refractivity contribution in [2.24, 2.45) is 0 Å². The maximum Gasteiger partial charge on any atom is 0.266 e. The number of halogens is 3. The first-order valence-corrected chi connectivity index (χ1v) is 13.0. The summed E-state index contributed by atoms with van der Waals surface area (Å²) in [4.78, 5) is 13.9. The minimum atomic E-state index is -2.88. The highest BCUT2D eigenvalue weighted by Crippen LogP contribution is 2.39. The molecule has 1 aliphatic heterocycles. The molecule has 1 saturated heterocycles. The topological polar surface area (TPSA) is 64.5 Å². The quantitative estimate of drug-likeness (QED) is 0.469. The van der Waals surface area contributed by atoms with Crippen molar-refractivity contribution in [3.8, 4) is 0 Å². The van der Waals surface area contributed by atoms with Crippen molar-refractivity contribution >= 4 is 16.6 Å². The molecule has 2 aliphatic rings. The van der Waals surface area contributed by atoms with Gasteiger partial charge in [-0.15, -0.1) is 0 Å². The fourth-order valence-electron chi connectivity index (χ4n) is 5.70. The number of piperazine rings is 1. The summed E-state index contributed by atoms with van der Waals surface area (Å²) in [6.45, 7) is 6.01. The minimum Gasteiger partial charge on any atom is -0.384 e. The fraction of sp³-hybridized carbons (Fsp3) is 0.500. The molecule has 5 rings (SSSR count). The molecule has 3 aromatic rings. The number of nitrogens with one attached hydrogen (secondary N) is 1. The number of fused-ring (bicyclic) bond motifs is 1. The zero-order chi connectivity index (χ0) is 26.2. The average Bonchev–Trinajstić information content (AvgIpc) is 2.89. The van der Waals surface area contributed by atoms with E-state index in [1.54, 1.807) is 25.4 Å². The second-order valence-corrected chi connectivity index (χ2v) is 10.5. The van der Waals surface area contributed by atoms with E-state index in [0.717, 1.165) is 50.5 Å². The van der Waals surface area contributed by atoms with E-state index in [9.17, 15) is 18.3 Å². The molecule has 6 nitrogen and oxygen atoms in total. The van der Waals surface area contributed by atoms with Crippen molar-refractivity contribution in [1.29, 1.82) is 0 Å². The zero-order valence-corrected chi connectivity index (χ0v) is 21.3. The Morgan fingerprint density at radius 3 is 2.46 bits per heavy atom. The number of aromatic nitrogens is 2. The van der Waals surface area contributed by atoms with Crippen LogP contribution in [0.15, 0.2) is 42.7 Å². The van der Waals surface area contributed by atoms with E-state index >= 15 is 0 Å². The minimum absolute atomic E-state index is 0.165. The third-order valence-corrected chi connectivity index (χ3v) is 8.07. The van der Waals surface area contributed by atoms with Gasteiger partial charge in [0.15, 0.2) is 0 Å². The van der Waals surface area contributed by atoms with Gasteiger partial charge in [-0.2, -0.15) is 0 Å². The summed E-state index contributed by atoms with van der Waals surface area (Å²) >= 11 is 0. The van der Waals surface area contributed by atoms with Crippen LogP contribution in [-0.2, 0) is 5.60 Å². The molecule has 1 aromatic carbocycles. The molecule has 0 bridgehead atoms. The van der Waals surface area contributed by atoms with Crippen LogP contribution < -0.4 is 5.32 Å². The number of pyridine rings is 2. The van der Waals surface area contributed by atoms with Crippen molar-refractivity contribution in [3.63, 3.8) is 0 Å². The Morgan fingerprint density at radius 2 is 1.76 bits per heavy atom. The van der Waals surface area contributed by atoms with E-state index in [-0.39, 0.29) is 5.56 Å². The van der Waals surface area contributed by atoms with E-state index in [4.69, 9.17) is 0 Å². The summed E-state index contributed by atoms with van der Waals surface area (Å²) in [5.41, 5.74) is 0.458. The number of hydrogen-bond acceptors (Lipinski definition) is 6. The molecule has 1 atom stereocenters. The summed E-state index contributed by atoms with van der Waals surface area (Å²) in [6, 6.07) is 7.60. The van der Waals surface area contributed by atoms with Crippen LogP contribution in [-0.4, -0.2) is 64.1 Å². The van der Waals surface area contributed by atoms with Gasteiger partial charge in [0.05, 0.1) is 29.0 Å². The summed E-state index contributed by atoms with van der Waals surface area (Å²) < 4.78 is 41.2. The Balaban J connectivity index is 1.36. The Kier molecular flexibility index (Phi) is 7.38. The molecule has 1 saturated carbocycles. The molecule has 9 heteroatoms. The monoisotopic (exact) mass is 513 g/mol. The molecular weight excluding hydrogens is 479 g/mol. The van der Waals surface area contributed by atoms with Crippen molar-refractivity contribution in [2.75, 3.05) is 38.5 Å². The van der Waals surface area contributed by atoms with Gasteiger partial charge in [0.25, 0.3) is 6.43 Å². The molecule has 2 aromatic heterocycles. The maximum atomic E-state index is 14.8. The van der Waals surface area contributed by atoms with Crippen LogP contribution in [0.5, 0.6) is 0 Å². The van der Waals surface area contributed by atoms with Gasteiger partial charge < -0.3 is 15.3 Å². The lowest BCUT2D eigenvalue weighted by molar-refractivity contribution is -0.0335. The molecule has 0 amide bonds. The molecule has 198 valence electrons. The third-order valence-electron chi connectivity index (χ3n) is 8.07. The summed E-state index contributed by atoms with van der Waals surface area (Å²) in [5.74, 6) is -0.898. The standard InChI is InChI=1S/C28H34F3N5O/c1-18(20-4-3-5-21(26(20)29)27(30)31)34-23-8-11-32-24-17-33-25(16-22(23)24)28(37)9-6-19(7-10-28)36-14-12-35(2)13-15-36/h3-5,8,11,16-19,27,37H,6-7,9-10,12-15H2,1-2H3,(H,32,34)/t18-,19?,28?/m1/s1. The SMILES string of the molecule is C[C@@H](Nc1ccnc2cnc(C3(O)CCC(N4CCN(C)CC4)CC3)cc12)c1cccc(C(F)F)c1F. The van der Waals surface area contributed by atoms with E-state index in [1.807, 2.05) is 6.07 Å². The number of anilines is 1. The van der Waals surface area contributed by atoms with Gasteiger partial charge in [-0.25, -0.2) is 13.2 Å². The Labute approximate surface area is 215 Å². The maximum absolute atomic E-state index is 14.8. The highest BCUT2D eigenvalue weighted by molar-refractivity contribution is 5.91. The Hall–Kier alpha value is -2.75. The molecule has 0 radical (unpaired) electrons. The molecule has 0 spiro atoms. The summed E-state index contributed by atoms with van der Waals surface area (Å²) in [5, 5.41) is 15.6. The first-order valence-electron chi connectivity index (χ1n) is 13.0. The van der Waals surface area contributed by atoms with Crippen molar-refractivity contribution < 1.29 is 18.3 Å². The third kappa shape index (κ3) is 5.30. The normalized spacial score (nSPS) is 24.5. The average molecular weight is 514 g/mol. The molecule has 2 N–H and O–H groups in total. The van der Waals surface area contributed by atoms with Crippen LogP contribution in [0.4, 0.5) is 18.9 Å². The molecule has 3 heterocycles. The molecular formula is C28H34F3N5O. The van der Waals surface area contributed by atoms with E-state index in [1.165, 1.54) is 12.1 Å². The summed E-state index contributed by atoms with van der Waals surface area (Å²) in [7, 11) is 2.15. The highest BCUT2D eigenvalue weighted by Gasteiger charge is 2.38. The van der Waals surface area contributed by atoms with Gasteiger partial charge in [-0.05, 0) is 51.8 Å². The highest BCUT2D eigenvalue weighted by atomic mass is 19.3. The predicted molar refractivity (Wildman–Crippen MR) is 138 cm³/mol. The van der Waals surface area contributed by atoms with E-state index in [0.29, 0.717) is 35.8 Å². The number of rotatable bonds is 6. The van der Waals surface area contributed by atoms with Crippen molar-refractivity contribution in [3.05, 3.63) is 65.4 Å². The lowest BCUT2D eigenvalue weighted by atomic mass is 9.79. The largest absolute Gasteiger partial charge is 0.384 e. The second kappa shape index (κ2) is 10.6. The van der Waals surface area contributed by atoms with Gasteiger partial charge in [-0.3, -0.25) is 14.9 Å². The van der Waals surface area contributed by atoms with E-state index in [2.05, 4.69) is 32.1 Å². The number of alkyl halides is 2.